The van der Waals surface area contributed by atoms with Crippen LogP contribution in [0.4, 0.5) is 14.4 Å². The molecule has 17 nitrogen and oxygen atoms in total. The van der Waals surface area contributed by atoms with Gasteiger partial charge in [0.15, 0.2) is 0 Å². The number of nitrogens with one attached hydrogen (secondary N) is 5. The number of fused-ring (bicyclic) bond motifs is 3. The van der Waals surface area contributed by atoms with E-state index >= 15 is 4.79 Å². The Bertz CT molecular complexity index is 2480. The fourth-order valence-corrected chi connectivity index (χ4v) is 9.14. The Morgan fingerprint density at radius 1 is 0.783 bits per heavy atom. The van der Waals surface area contributed by atoms with Gasteiger partial charge in [0, 0.05) is 66.8 Å². The summed E-state index contributed by atoms with van der Waals surface area (Å²) in [5.74, 6) is -1.53. The molecule has 0 spiro atoms. The van der Waals surface area contributed by atoms with Gasteiger partial charge in [-0.25, -0.2) is 19.4 Å². The molecule has 0 saturated heterocycles. The summed E-state index contributed by atoms with van der Waals surface area (Å²) in [5.41, 5.74) is 0.537. The zero-order chi connectivity index (χ0) is 50.7. The lowest BCUT2D eigenvalue weighted by Crippen LogP contribution is -2.57. The number of pyridine rings is 1. The van der Waals surface area contributed by atoms with Crippen molar-refractivity contribution < 1.29 is 43.0 Å². The van der Waals surface area contributed by atoms with Gasteiger partial charge in [-0.1, -0.05) is 58.0 Å². The summed E-state index contributed by atoms with van der Waals surface area (Å²) >= 11 is 5.12. The van der Waals surface area contributed by atoms with E-state index in [4.69, 9.17) is 19.2 Å². The first kappa shape index (κ1) is 54.3. The number of rotatable bonds is 10. The van der Waals surface area contributed by atoms with Crippen molar-refractivity contribution in [3.8, 4) is 0 Å². The standard InChI is InChI=1S/C50H67BrN8O9S/c1-48(2,3)66-45(63)53-25-15-20-36-41(60)57-37(21-16-26-54-46(64)67-49(4,5)6)44(62)58(10)39(27-32-30-59(47(65)68-50(7,8)9)38-22-12-11-18-33(32)38)42(61)56-29-34-35(51)19-13-23-40(34)69-43-31(28-55-36)17-14-24-52-43/h11-14,17-19,22-24,30,36-37,39,55H,15-16,20-21,25-29H2,1-10H3,(H,53,63)(H,54,64)(H,56,61)(H,57,60)/t36-,37-,39-/m0/s1. The van der Waals surface area contributed by atoms with Crippen molar-refractivity contribution in [2.75, 3.05) is 20.1 Å². The Labute approximate surface area is 417 Å². The molecule has 0 radical (unpaired) electrons. The van der Waals surface area contributed by atoms with Gasteiger partial charge in [0.05, 0.1) is 11.6 Å². The number of hydrogen-bond donors (Lipinski definition) is 5. The molecule has 69 heavy (non-hydrogen) atoms. The highest BCUT2D eigenvalue weighted by molar-refractivity contribution is 9.10. The molecular formula is C50H67BrN8O9S. The first-order valence-corrected chi connectivity index (χ1v) is 24.7. The molecule has 5 rings (SSSR count). The number of nitrogens with zero attached hydrogens (tertiary/aromatic N) is 3. The average Bonchev–Trinajstić information content (AvgIpc) is 3.62. The Kier molecular flexibility index (Phi) is 18.7. The summed E-state index contributed by atoms with van der Waals surface area (Å²) in [6.07, 6.45) is 2.45. The van der Waals surface area contributed by atoms with Gasteiger partial charge in [0.25, 0.3) is 0 Å². The summed E-state index contributed by atoms with van der Waals surface area (Å²) in [4.78, 5) is 90.0. The molecule has 3 atom stereocenters. The maximum absolute atomic E-state index is 15.0. The second kappa shape index (κ2) is 23.8. The highest BCUT2D eigenvalue weighted by atomic mass is 79.9. The molecule has 1 aliphatic rings. The molecule has 0 bridgehead atoms. The number of halogens is 1. The van der Waals surface area contributed by atoms with E-state index < -0.39 is 70.9 Å². The van der Waals surface area contributed by atoms with Crippen molar-refractivity contribution in [3.63, 3.8) is 0 Å². The number of alkyl carbamates (subject to hydrolysis) is 2. The van der Waals surface area contributed by atoms with Crippen LogP contribution in [-0.4, -0.2) is 106 Å². The number of carbonyl (C=O) groups is 6. The number of amides is 5. The van der Waals surface area contributed by atoms with Crippen molar-refractivity contribution in [1.82, 2.24) is 41.0 Å². The lowest BCUT2D eigenvalue weighted by atomic mass is 10.0. The van der Waals surface area contributed by atoms with Gasteiger partial charge in [-0.2, -0.15) is 0 Å². The first-order chi connectivity index (χ1) is 32.4. The topological polar surface area (TPSA) is 211 Å². The molecule has 5 amide bonds. The molecule has 3 heterocycles. The molecule has 19 heteroatoms. The quantitative estimate of drug-likeness (QED) is 0.0756. The van der Waals surface area contributed by atoms with Crippen LogP contribution >= 0.6 is 27.7 Å². The second-order valence-corrected chi connectivity index (χ2v) is 21.7. The van der Waals surface area contributed by atoms with E-state index in [-0.39, 0.29) is 51.9 Å². The first-order valence-electron chi connectivity index (χ1n) is 23.1. The minimum absolute atomic E-state index is 0.0189. The molecule has 0 fully saturated rings. The average molecular weight is 1040 g/mol. The van der Waals surface area contributed by atoms with E-state index in [1.165, 1.54) is 28.3 Å². The highest BCUT2D eigenvalue weighted by Crippen LogP contribution is 2.35. The van der Waals surface area contributed by atoms with Crippen LogP contribution in [-0.2, 0) is 48.1 Å². The third kappa shape index (κ3) is 16.5. The van der Waals surface area contributed by atoms with E-state index in [1.54, 1.807) is 86.8 Å². The number of para-hydroxylation sites is 1. The van der Waals surface area contributed by atoms with E-state index in [1.807, 2.05) is 42.5 Å². The summed E-state index contributed by atoms with van der Waals surface area (Å²) in [7, 11) is 1.52. The Morgan fingerprint density at radius 2 is 1.41 bits per heavy atom. The number of ether oxygens (including phenoxy) is 3. The fourth-order valence-electron chi connectivity index (χ4n) is 7.45. The van der Waals surface area contributed by atoms with Crippen LogP contribution in [0, 0.1) is 0 Å². The van der Waals surface area contributed by atoms with Gasteiger partial charge in [-0.05, 0) is 129 Å². The minimum Gasteiger partial charge on any atom is -0.444 e. The summed E-state index contributed by atoms with van der Waals surface area (Å²) in [6, 6.07) is 13.5. The number of benzene rings is 2. The second-order valence-electron chi connectivity index (χ2n) is 19.8. The Hall–Kier alpha value is -5.66. The van der Waals surface area contributed by atoms with Gasteiger partial charge in [0.2, 0.25) is 17.7 Å². The lowest BCUT2D eigenvalue weighted by molar-refractivity contribution is -0.142. The maximum Gasteiger partial charge on any atom is 0.419 e. The zero-order valence-electron chi connectivity index (χ0n) is 41.2. The number of aromatic nitrogens is 2. The monoisotopic (exact) mass is 1030 g/mol. The normalized spacial score (nSPS) is 17.7. The van der Waals surface area contributed by atoms with Crippen molar-refractivity contribution in [3.05, 3.63) is 88.2 Å². The van der Waals surface area contributed by atoms with Crippen molar-refractivity contribution in [1.29, 1.82) is 0 Å². The minimum atomic E-state index is -1.17. The third-order valence-electron chi connectivity index (χ3n) is 10.6. The van der Waals surface area contributed by atoms with Crippen molar-refractivity contribution in [2.24, 2.45) is 0 Å². The molecule has 4 aromatic rings. The van der Waals surface area contributed by atoms with Gasteiger partial charge in [-0.15, -0.1) is 0 Å². The molecule has 0 unspecified atom stereocenters. The van der Waals surface area contributed by atoms with Crippen molar-refractivity contribution >= 4 is 74.6 Å². The van der Waals surface area contributed by atoms with Gasteiger partial charge < -0.3 is 45.7 Å². The van der Waals surface area contributed by atoms with Crippen LogP contribution in [0.1, 0.15) is 105 Å². The number of hydrogen-bond acceptors (Lipinski definition) is 12. The molecule has 5 N–H and O–H groups in total. The Morgan fingerprint density at radius 3 is 2.04 bits per heavy atom. The summed E-state index contributed by atoms with van der Waals surface area (Å²) in [5, 5.41) is 16.3. The number of likely N-dealkylation sites (N-methyl/N-ethyl adjacent to an activating group) is 1. The van der Waals surface area contributed by atoms with Crippen LogP contribution in [0.2, 0.25) is 0 Å². The molecule has 2 aromatic carbocycles. The highest BCUT2D eigenvalue weighted by Gasteiger charge is 2.35. The predicted molar refractivity (Wildman–Crippen MR) is 268 cm³/mol. The van der Waals surface area contributed by atoms with E-state index in [9.17, 15) is 24.0 Å². The predicted octanol–water partition coefficient (Wildman–Crippen LogP) is 7.99. The third-order valence-corrected chi connectivity index (χ3v) is 12.5. The molecule has 374 valence electrons. The summed E-state index contributed by atoms with van der Waals surface area (Å²) in [6.45, 7) is 16.5. The van der Waals surface area contributed by atoms with Crippen LogP contribution < -0.4 is 26.6 Å². The van der Waals surface area contributed by atoms with Crippen LogP contribution in [0.15, 0.2) is 81.4 Å². The van der Waals surface area contributed by atoms with Gasteiger partial charge in [-0.3, -0.25) is 19.0 Å². The molecule has 0 aliphatic carbocycles. The molecule has 0 saturated carbocycles. The summed E-state index contributed by atoms with van der Waals surface area (Å²) < 4.78 is 18.7. The molecule has 1 aliphatic heterocycles. The van der Waals surface area contributed by atoms with Crippen LogP contribution in [0.3, 0.4) is 0 Å². The SMILES string of the molecule is CN1C(=O)[C@H](CCCNC(=O)OC(C)(C)C)NC(=O)[C@H](CCCNC(=O)OC(C)(C)C)NCc2cccnc2Sc2cccc(Br)c2CNC(=O)[C@@H]1Cc1cn(C(=O)OC(C)(C)C)c2ccccc12. The fraction of sp³-hybridized carbons (Fsp3) is 0.500. The van der Waals surface area contributed by atoms with Crippen LogP contribution in [0.5, 0.6) is 0 Å². The zero-order valence-corrected chi connectivity index (χ0v) is 43.7. The van der Waals surface area contributed by atoms with Crippen molar-refractivity contribution in [2.45, 2.75) is 152 Å². The van der Waals surface area contributed by atoms with Crippen LogP contribution in [0.25, 0.3) is 10.9 Å². The van der Waals surface area contributed by atoms with Gasteiger partial charge >= 0.3 is 18.3 Å². The Balaban J connectivity index is 1.56. The lowest BCUT2D eigenvalue weighted by Gasteiger charge is -2.32. The van der Waals surface area contributed by atoms with E-state index in [0.29, 0.717) is 27.9 Å². The maximum atomic E-state index is 15.0. The number of carbonyl (C=O) groups excluding carboxylic acids is 6. The smallest absolute Gasteiger partial charge is 0.419 e. The van der Waals surface area contributed by atoms with E-state index in [2.05, 4.69) is 42.5 Å². The molecular weight excluding hydrogens is 969 g/mol. The van der Waals surface area contributed by atoms with Gasteiger partial charge in [0.1, 0.15) is 33.9 Å². The van der Waals surface area contributed by atoms with E-state index in [0.717, 1.165) is 20.5 Å². The molecule has 2 aromatic heterocycles. The largest absolute Gasteiger partial charge is 0.444 e.